The average Bonchev–Trinajstić information content (AvgIpc) is 3.39. The molecule has 0 amide bonds. The monoisotopic (exact) mass is 476 g/mol. The number of carboxylic acid groups (broad SMARTS) is 1. The number of aliphatic carboxylic acids is 1. The fraction of sp³-hybridized carbons (Fsp3) is 0.391. The molecule has 34 heavy (non-hydrogen) atoms. The van der Waals surface area contributed by atoms with Crippen molar-refractivity contribution in [1.29, 1.82) is 0 Å². The van der Waals surface area contributed by atoms with E-state index in [1.165, 1.54) is 22.3 Å². The molecular formula is C23H27F3N6O2. The lowest BCUT2D eigenvalue weighted by Gasteiger charge is -2.19. The largest absolute Gasteiger partial charge is 0.490 e. The Morgan fingerprint density at radius 2 is 1.82 bits per heavy atom. The van der Waals surface area contributed by atoms with Gasteiger partial charge in [0.05, 0.1) is 6.33 Å². The number of carboxylic acids is 1. The summed E-state index contributed by atoms with van der Waals surface area (Å²) in [6.45, 7) is 10.4. The summed E-state index contributed by atoms with van der Waals surface area (Å²) in [5.74, 6) is -1.02. The van der Waals surface area contributed by atoms with Crippen LogP contribution in [0.2, 0.25) is 0 Å². The molecule has 2 aromatic heterocycles. The minimum absolute atomic E-state index is 0.676. The topological polar surface area (TPSA) is 107 Å². The molecule has 3 aromatic rings. The summed E-state index contributed by atoms with van der Waals surface area (Å²) in [5, 5.41) is 10.6. The zero-order valence-electron chi connectivity index (χ0n) is 19.4. The third-order valence-corrected chi connectivity index (χ3v) is 5.49. The van der Waals surface area contributed by atoms with Gasteiger partial charge in [0.2, 0.25) is 5.95 Å². The van der Waals surface area contributed by atoms with Crippen molar-refractivity contribution in [3.63, 3.8) is 0 Å². The minimum atomic E-state index is -5.08. The second kappa shape index (κ2) is 10.1. The smallest absolute Gasteiger partial charge is 0.475 e. The van der Waals surface area contributed by atoms with Crippen LogP contribution in [0, 0.1) is 27.7 Å². The van der Waals surface area contributed by atoms with E-state index in [2.05, 4.69) is 60.0 Å². The summed E-state index contributed by atoms with van der Waals surface area (Å²) < 4.78 is 31.7. The predicted molar refractivity (Wildman–Crippen MR) is 123 cm³/mol. The van der Waals surface area contributed by atoms with Gasteiger partial charge in [-0.3, -0.25) is 0 Å². The second-order valence-corrected chi connectivity index (χ2v) is 8.20. The number of H-pyrrole nitrogens is 1. The number of fused-ring (bicyclic) bond motifs is 1. The van der Waals surface area contributed by atoms with E-state index in [1.54, 1.807) is 6.33 Å². The first kappa shape index (κ1) is 25.0. The molecule has 0 fully saturated rings. The molecule has 0 atom stereocenters. The lowest BCUT2D eigenvalue weighted by molar-refractivity contribution is -0.192. The summed E-state index contributed by atoms with van der Waals surface area (Å²) in [4.78, 5) is 28.1. The fourth-order valence-electron chi connectivity index (χ4n) is 3.93. The van der Waals surface area contributed by atoms with Gasteiger partial charge in [-0.15, -0.1) is 0 Å². The molecule has 1 aliphatic rings. The Balaban J connectivity index is 0.000000406. The van der Waals surface area contributed by atoms with Crippen molar-refractivity contribution in [2.24, 2.45) is 0 Å². The molecule has 0 spiro atoms. The predicted octanol–water partition coefficient (Wildman–Crippen LogP) is 4.42. The number of benzene rings is 1. The van der Waals surface area contributed by atoms with E-state index in [4.69, 9.17) is 19.9 Å². The Morgan fingerprint density at radius 1 is 1.18 bits per heavy atom. The Bertz CT molecular complexity index is 1140. The fourth-order valence-corrected chi connectivity index (χ4v) is 3.93. The van der Waals surface area contributed by atoms with Crippen LogP contribution in [0.1, 0.15) is 33.6 Å². The maximum absolute atomic E-state index is 10.6. The number of halogens is 3. The molecule has 3 heterocycles. The van der Waals surface area contributed by atoms with Gasteiger partial charge in [-0.25, -0.2) is 14.8 Å². The number of hydrogen-bond acceptors (Lipinski definition) is 6. The molecule has 182 valence electrons. The maximum Gasteiger partial charge on any atom is 0.490 e. The van der Waals surface area contributed by atoms with Gasteiger partial charge in [0.25, 0.3) is 0 Å². The summed E-state index contributed by atoms with van der Waals surface area (Å²) >= 11 is 0. The van der Waals surface area contributed by atoms with E-state index < -0.39 is 12.1 Å². The standard InChI is InChI=1S/C21H26N6.C2HF3O2/c1-13-9-14(2)19(15(3)10-13)25-21-24-16(4)18-6-8-27(20(18)26-21)7-5-17-11-22-12-23-17;3-2(4,5)1(6)7/h9-12H,5-8H2,1-4H3,(H,22,23)(H,24,25,26);(H,6,7). The van der Waals surface area contributed by atoms with Crippen molar-refractivity contribution in [3.8, 4) is 0 Å². The first-order valence-electron chi connectivity index (χ1n) is 10.7. The number of nitrogens with zero attached hydrogens (tertiary/aromatic N) is 4. The van der Waals surface area contributed by atoms with E-state index in [-0.39, 0.29) is 0 Å². The molecule has 0 saturated carbocycles. The van der Waals surface area contributed by atoms with Crippen LogP contribution >= 0.6 is 0 Å². The normalized spacial score (nSPS) is 12.7. The second-order valence-electron chi connectivity index (χ2n) is 8.20. The van der Waals surface area contributed by atoms with Crippen molar-refractivity contribution in [3.05, 3.63) is 58.3 Å². The molecule has 0 aliphatic carbocycles. The van der Waals surface area contributed by atoms with Gasteiger partial charge >= 0.3 is 12.1 Å². The van der Waals surface area contributed by atoms with Gasteiger partial charge < -0.3 is 20.3 Å². The van der Waals surface area contributed by atoms with Crippen LogP contribution in [0.3, 0.4) is 0 Å². The molecule has 0 unspecified atom stereocenters. The van der Waals surface area contributed by atoms with Crippen LogP contribution in [-0.4, -0.2) is 50.3 Å². The van der Waals surface area contributed by atoms with Crippen molar-refractivity contribution in [2.75, 3.05) is 23.3 Å². The number of rotatable bonds is 5. The van der Waals surface area contributed by atoms with E-state index in [9.17, 15) is 13.2 Å². The highest BCUT2D eigenvalue weighted by Crippen LogP contribution is 2.31. The molecule has 8 nitrogen and oxygen atoms in total. The first-order valence-corrected chi connectivity index (χ1v) is 10.7. The zero-order chi connectivity index (χ0) is 25.0. The van der Waals surface area contributed by atoms with Gasteiger partial charge in [-0.2, -0.15) is 18.2 Å². The van der Waals surface area contributed by atoms with Crippen LogP contribution in [0.15, 0.2) is 24.7 Å². The van der Waals surface area contributed by atoms with Gasteiger partial charge in [-0.1, -0.05) is 17.7 Å². The summed E-state index contributed by atoms with van der Waals surface area (Å²) in [6.07, 6.45) is 0.473. The van der Waals surface area contributed by atoms with Crippen LogP contribution in [0.5, 0.6) is 0 Å². The number of carbonyl (C=O) groups is 1. The van der Waals surface area contributed by atoms with Crippen LogP contribution < -0.4 is 10.2 Å². The number of imidazole rings is 1. The molecule has 1 aromatic carbocycles. The molecule has 11 heteroatoms. The summed E-state index contributed by atoms with van der Waals surface area (Å²) in [6, 6.07) is 4.37. The molecular weight excluding hydrogens is 449 g/mol. The number of anilines is 3. The number of aryl methyl sites for hydroxylation is 4. The molecule has 0 bridgehead atoms. The highest BCUT2D eigenvalue weighted by atomic mass is 19.4. The first-order chi connectivity index (χ1) is 16.0. The van der Waals surface area contributed by atoms with Gasteiger partial charge in [-0.05, 0) is 45.2 Å². The van der Waals surface area contributed by atoms with E-state index in [0.717, 1.165) is 48.8 Å². The van der Waals surface area contributed by atoms with Crippen molar-refractivity contribution in [2.45, 2.75) is 46.7 Å². The average molecular weight is 477 g/mol. The zero-order valence-corrected chi connectivity index (χ0v) is 19.4. The summed E-state index contributed by atoms with van der Waals surface area (Å²) in [7, 11) is 0. The van der Waals surface area contributed by atoms with Gasteiger partial charge in [0, 0.05) is 48.3 Å². The lowest BCUT2D eigenvalue weighted by atomic mass is 10.1. The maximum atomic E-state index is 10.6. The van der Waals surface area contributed by atoms with Crippen LogP contribution in [0.4, 0.5) is 30.6 Å². The Hall–Kier alpha value is -3.63. The molecule has 0 saturated heterocycles. The Kier molecular flexibility index (Phi) is 7.43. The number of aromatic amines is 1. The molecule has 1 aliphatic heterocycles. The van der Waals surface area contributed by atoms with Crippen molar-refractivity contribution < 1.29 is 23.1 Å². The van der Waals surface area contributed by atoms with Crippen LogP contribution in [0.25, 0.3) is 0 Å². The molecule has 3 N–H and O–H groups in total. The number of hydrogen-bond donors (Lipinski definition) is 3. The molecule has 0 radical (unpaired) electrons. The summed E-state index contributed by atoms with van der Waals surface area (Å²) in [5.41, 5.74) is 8.28. The number of aromatic nitrogens is 4. The van der Waals surface area contributed by atoms with Crippen molar-refractivity contribution in [1.82, 2.24) is 19.9 Å². The Labute approximate surface area is 195 Å². The van der Waals surface area contributed by atoms with E-state index in [1.807, 2.05) is 6.20 Å². The number of nitrogens with one attached hydrogen (secondary N) is 2. The van der Waals surface area contributed by atoms with Gasteiger partial charge in [0.1, 0.15) is 5.82 Å². The SMILES string of the molecule is Cc1cc(C)c(Nc2nc(C)c3c(n2)N(CCc2cnc[nH]2)CC3)c(C)c1.O=C(O)C(F)(F)F. The van der Waals surface area contributed by atoms with E-state index >= 15 is 0 Å². The highest BCUT2D eigenvalue weighted by Gasteiger charge is 2.38. The van der Waals surface area contributed by atoms with Gasteiger partial charge in [0.15, 0.2) is 0 Å². The quantitative estimate of drug-likeness (QED) is 0.501. The number of alkyl halides is 3. The van der Waals surface area contributed by atoms with Crippen molar-refractivity contribution >= 4 is 23.4 Å². The molecule has 4 rings (SSSR count). The third-order valence-electron chi connectivity index (χ3n) is 5.49. The Morgan fingerprint density at radius 3 is 2.38 bits per heavy atom. The van der Waals surface area contributed by atoms with E-state index in [0.29, 0.717) is 5.95 Å². The lowest BCUT2D eigenvalue weighted by Crippen LogP contribution is -2.24. The van der Waals surface area contributed by atoms with Crippen LogP contribution in [-0.2, 0) is 17.6 Å². The highest BCUT2D eigenvalue weighted by molar-refractivity contribution is 5.73. The minimum Gasteiger partial charge on any atom is -0.475 e. The third kappa shape index (κ3) is 6.03.